The molecule has 1 atom stereocenters. The molecule has 0 fully saturated rings. The van der Waals surface area contributed by atoms with Crippen LogP contribution in [0.5, 0.6) is 0 Å². The van der Waals surface area contributed by atoms with E-state index in [1.54, 1.807) is 12.1 Å². The van der Waals surface area contributed by atoms with E-state index in [0.717, 1.165) is 12.0 Å². The topological polar surface area (TPSA) is 68.0 Å². The molecular weight excluding hydrogens is 310 g/mol. The first-order chi connectivity index (χ1) is 10.1. The fourth-order valence-corrected chi connectivity index (χ4v) is 2.32. The van der Waals surface area contributed by atoms with Crippen LogP contribution in [0.3, 0.4) is 0 Å². The van der Waals surface area contributed by atoms with Gasteiger partial charge in [0.15, 0.2) is 0 Å². The van der Waals surface area contributed by atoms with Crippen LogP contribution >= 0.6 is 23.4 Å². The molecular formula is C14H16ClN3O2S. The lowest BCUT2D eigenvalue weighted by Gasteiger charge is -2.09. The normalized spacial score (nSPS) is 12.1. The number of carbonyl (C=O) groups is 1. The second-order valence-corrected chi connectivity index (χ2v) is 5.91. The Bertz CT molecular complexity index is 618. The molecule has 0 radical (unpaired) electrons. The van der Waals surface area contributed by atoms with Crippen LogP contribution < -0.4 is 5.32 Å². The number of hydrogen-bond donors (Lipinski definition) is 1. The van der Waals surface area contributed by atoms with E-state index < -0.39 is 0 Å². The zero-order valence-corrected chi connectivity index (χ0v) is 13.4. The van der Waals surface area contributed by atoms with Gasteiger partial charge in [-0.25, -0.2) is 0 Å². The third-order valence-corrected chi connectivity index (χ3v) is 3.88. The van der Waals surface area contributed by atoms with Crippen molar-refractivity contribution in [2.75, 3.05) is 5.75 Å². The molecule has 0 aliphatic heterocycles. The van der Waals surface area contributed by atoms with Crippen LogP contribution in [0.4, 0.5) is 0 Å². The van der Waals surface area contributed by atoms with Gasteiger partial charge in [0.2, 0.25) is 11.8 Å². The quantitative estimate of drug-likeness (QED) is 0.824. The van der Waals surface area contributed by atoms with Crippen LogP contribution in [0.2, 0.25) is 5.02 Å². The number of nitrogens with zero attached hydrogens (tertiary/aromatic N) is 2. The van der Waals surface area contributed by atoms with E-state index in [-0.39, 0.29) is 17.7 Å². The lowest BCUT2D eigenvalue weighted by Crippen LogP contribution is -2.33. The van der Waals surface area contributed by atoms with Gasteiger partial charge in [0, 0.05) is 16.6 Å². The number of amides is 1. The third kappa shape index (κ3) is 4.75. The van der Waals surface area contributed by atoms with Gasteiger partial charge in [0.1, 0.15) is 0 Å². The lowest BCUT2D eigenvalue weighted by atomic mass is 10.2. The van der Waals surface area contributed by atoms with E-state index in [9.17, 15) is 4.79 Å². The molecule has 0 bridgehead atoms. The Morgan fingerprint density at radius 1 is 1.48 bits per heavy atom. The smallest absolute Gasteiger partial charge is 0.277 e. The largest absolute Gasteiger partial charge is 0.411 e. The summed E-state index contributed by atoms with van der Waals surface area (Å²) in [5.74, 6) is 0.598. The van der Waals surface area contributed by atoms with Gasteiger partial charge in [-0.1, -0.05) is 36.4 Å². The molecule has 1 amide bonds. The summed E-state index contributed by atoms with van der Waals surface area (Å²) in [7, 11) is 0. The third-order valence-electron chi connectivity index (χ3n) is 2.82. The SMILES string of the molecule is CC[C@@H](C)NC(=O)CSc1nnc(-c2cccc(Cl)c2)o1. The monoisotopic (exact) mass is 325 g/mol. The van der Waals surface area contributed by atoms with Gasteiger partial charge < -0.3 is 9.73 Å². The average molecular weight is 326 g/mol. The van der Waals surface area contributed by atoms with Crippen molar-refractivity contribution in [1.82, 2.24) is 15.5 Å². The summed E-state index contributed by atoms with van der Waals surface area (Å²) < 4.78 is 5.51. The predicted octanol–water partition coefficient (Wildman–Crippen LogP) is 3.40. The van der Waals surface area contributed by atoms with Crippen molar-refractivity contribution in [2.45, 2.75) is 31.5 Å². The summed E-state index contributed by atoms with van der Waals surface area (Å²) in [5.41, 5.74) is 0.755. The Hall–Kier alpha value is -1.53. The van der Waals surface area contributed by atoms with E-state index in [4.69, 9.17) is 16.0 Å². The number of nitrogens with one attached hydrogen (secondary N) is 1. The van der Waals surface area contributed by atoms with Crippen LogP contribution in [0.25, 0.3) is 11.5 Å². The van der Waals surface area contributed by atoms with Crippen LogP contribution in [-0.2, 0) is 4.79 Å². The Morgan fingerprint density at radius 3 is 3.00 bits per heavy atom. The molecule has 0 unspecified atom stereocenters. The van der Waals surface area contributed by atoms with Crippen molar-refractivity contribution in [1.29, 1.82) is 0 Å². The summed E-state index contributed by atoms with van der Waals surface area (Å²) in [6, 6.07) is 7.34. The predicted molar refractivity (Wildman–Crippen MR) is 83.4 cm³/mol. The van der Waals surface area contributed by atoms with Crippen LogP contribution in [-0.4, -0.2) is 27.9 Å². The maximum atomic E-state index is 11.7. The van der Waals surface area contributed by atoms with E-state index in [1.165, 1.54) is 11.8 Å². The van der Waals surface area contributed by atoms with Gasteiger partial charge in [-0.15, -0.1) is 10.2 Å². The molecule has 2 rings (SSSR count). The molecule has 1 aromatic carbocycles. The Balaban J connectivity index is 1.93. The van der Waals surface area contributed by atoms with Crippen molar-refractivity contribution in [3.05, 3.63) is 29.3 Å². The lowest BCUT2D eigenvalue weighted by molar-refractivity contribution is -0.119. The molecule has 21 heavy (non-hydrogen) atoms. The van der Waals surface area contributed by atoms with Gasteiger partial charge in [0.25, 0.3) is 5.22 Å². The summed E-state index contributed by atoms with van der Waals surface area (Å²) >= 11 is 7.13. The maximum Gasteiger partial charge on any atom is 0.277 e. The van der Waals surface area contributed by atoms with Crippen LogP contribution in [0, 0.1) is 0 Å². The first-order valence-electron chi connectivity index (χ1n) is 6.60. The van der Waals surface area contributed by atoms with Gasteiger partial charge in [-0.3, -0.25) is 4.79 Å². The minimum Gasteiger partial charge on any atom is -0.411 e. The number of carbonyl (C=O) groups excluding carboxylic acids is 1. The van der Waals surface area contributed by atoms with Crippen LogP contribution in [0.15, 0.2) is 33.9 Å². The van der Waals surface area contributed by atoms with E-state index in [1.807, 2.05) is 26.0 Å². The van der Waals surface area contributed by atoms with Crippen LogP contribution in [0.1, 0.15) is 20.3 Å². The second-order valence-electron chi connectivity index (χ2n) is 4.55. The molecule has 1 N–H and O–H groups in total. The molecule has 0 aliphatic carbocycles. The number of hydrogen-bond acceptors (Lipinski definition) is 5. The van der Waals surface area contributed by atoms with Gasteiger partial charge in [0.05, 0.1) is 5.75 Å². The van der Waals surface area contributed by atoms with E-state index in [2.05, 4.69) is 15.5 Å². The molecule has 112 valence electrons. The molecule has 0 saturated carbocycles. The number of benzene rings is 1. The number of halogens is 1. The van der Waals surface area contributed by atoms with Gasteiger partial charge in [-0.2, -0.15) is 0 Å². The molecule has 5 nitrogen and oxygen atoms in total. The van der Waals surface area contributed by atoms with E-state index >= 15 is 0 Å². The highest BCUT2D eigenvalue weighted by Gasteiger charge is 2.12. The van der Waals surface area contributed by atoms with Crippen molar-refractivity contribution < 1.29 is 9.21 Å². The maximum absolute atomic E-state index is 11.7. The summed E-state index contributed by atoms with van der Waals surface area (Å²) in [5, 5.41) is 11.7. The second kappa shape index (κ2) is 7.47. The molecule has 1 aromatic heterocycles. The first-order valence-corrected chi connectivity index (χ1v) is 7.96. The zero-order valence-electron chi connectivity index (χ0n) is 11.8. The number of thioether (sulfide) groups is 1. The highest BCUT2D eigenvalue weighted by molar-refractivity contribution is 7.99. The van der Waals surface area contributed by atoms with E-state index in [0.29, 0.717) is 16.1 Å². The summed E-state index contributed by atoms with van der Waals surface area (Å²) in [6.45, 7) is 3.99. The molecule has 1 heterocycles. The number of rotatable bonds is 6. The summed E-state index contributed by atoms with van der Waals surface area (Å²) in [6.07, 6.45) is 0.899. The van der Waals surface area contributed by atoms with Gasteiger partial charge >= 0.3 is 0 Å². The minimum absolute atomic E-state index is 0.0446. The fraction of sp³-hybridized carbons (Fsp3) is 0.357. The van der Waals surface area contributed by atoms with Crippen molar-refractivity contribution in [3.8, 4) is 11.5 Å². The highest BCUT2D eigenvalue weighted by Crippen LogP contribution is 2.24. The molecule has 7 heteroatoms. The Labute approximate surface area is 132 Å². The standard InChI is InChI=1S/C14H16ClN3O2S/c1-3-9(2)16-12(19)8-21-14-18-17-13(20-14)10-5-4-6-11(15)7-10/h4-7,9H,3,8H2,1-2H3,(H,16,19)/t9-/m1/s1. The molecule has 0 saturated heterocycles. The molecule has 0 aliphatic rings. The number of aromatic nitrogens is 2. The van der Waals surface area contributed by atoms with Crippen molar-refractivity contribution in [3.63, 3.8) is 0 Å². The molecule has 2 aromatic rings. The first kappa shape index (κ1) is 15.9. The Morgan fingerprint density at radius 2 is 2.29 bits per heavy atom. The zero-order chi connectivity index (χ0) is 15.2. The Kier molecular flexibility index (Phi) is 5.64. The molecule has 0 spiro atoms. The summed E-state index contributed by atoms with van der Waals surface area (Å²) in [4.78, 5) is 11.7. The van der Waals surface area contributed by atoms with Crippen molar-refractivity contribution >= 4 is 29.3 Å². The average Bonchev–Trinajstić information content (AvgIpc) is 2.94. The highest BCUT2D eigenvalue weighted by atomic mass is 35.5. The van der Waals surface area contributed by atoms with Crippen molar-refractivity contribution in [2.24, 2.45) is 0 Å². The van der Waals surface area contributed by atoms with Gasteiger partial charge in [-0.05, 0) is 31.5 Å². The fourth-order valence-electron chi connectivity index (χ4n) is 1.55. The minimum atomic E-state index is -0.0446.